The first-order chi connectivity index (χ1) is 11.5. The predicted octanol–water partition coefficient (Wildman–Crippen LogP) is 1.97. The summed E-state index contributed by atoms with van der Waals surface area (Å²) >= 11 is 1.67. The Morgan fingerprint density at radius 2 is 2.08 bits per heavy atom. The van der Waals surface area contributed by atoms with Crippen molar-refractivity contribution in [2.24, 2.45) is 0 Å². The van der Waals surface area contributed by atoms with Gasteiger partial charge in [-0.3, -0.25) is 19.4 Å². The van der Waals surface area contributed by atoms with Gasteiger partial charge in [0.25, 0.3) is 0 Å². The minimum Gasteiger partial charge on any atom is -0.480 e. The van der Waals surface area contributed by atoms with Crippen LogP contribution in [-0.4, -0.2) is 65.5 Å². The summed E-state index contributed by atoms with van der Waals surface area (Å²) in [6.45, 7) is 7.59. The molecular weight excluding hydrogens is 362 g/mol. The zero-order valence-corrected chi connectivity index (χ0v) is 16.5. The van der Waals surface area contributed by atoms with Gasteiger partial charge in [0, 0.05) is 24.0 Å². The number of carbonyl (C=O) groups excluding carboxylic acids is 1. The van der Waals surface area contributed by atoms with Gasteiger partial charge in [0.1, 0.15) is 0 Å². The number of aliphatic carboxylic acids is 1. The number of carboxylic acid groups (broad SMARTS) is 1. The summed E-state index contributed by atoms with van der Waals surface area (Å²) in [7, 11) is 0. The van der Waals surface area contributed by atoms with Crippen LogP contribution in [-0.2, 0) is 16.1 Å². The molecule has 1 aliphatic rings. The quantitative estimate of drug-likeness (QED) is 0.711. The second-order valence-electron chi connectivity index (χ2n) is 6.27. The molecule has 2 N–H and O–H groups in total. The Hall–Kier alpha value is -1.15. The van der Waals surface area contributed by atoms with Crippen LogP contribution in [0.1, 0.15) is 30.2 Å². The van der Waals surface area contributed by atoms with Crippen LogP contribution in [0.5, 0.6) is 0 Å². The van der Waals surface area contributed by atoms with E-state index in [9.17, 15) is 9.59 Å². The number of thiophene rings is 1. The van der Waals surface area contributed by atoms with E-state index in [4.69, 9.17) is 5.11 Å². The first-order valence-corrected chi connectivity index (χ1v) is 9.35. The van der Waals surface area contributed by atoms with Crippen molar-refractivity contribution in [3.63, 3.8) is 0 Å². The lowest BCUT2D eigenvalue weighted by atomic mass is 10.0. The Kier molecular flexibility index (Phi) is 9.42. The van der Waals surface area contributed by atoms with Crippen molar-refractivity contribution in [3.8, 4) is 0 Å². The molecule has 142 valence electrons. The molecule has 1 aromatic heterocycles. The first kappa shape index (κ1) is 21.9. The Bertz CT molecular complexity index is 559. The van der Waals surface area contributed by atoms with Gasteiger partial charge in [0.05, 0.1) is 19.6 Å². The van der Waals surface area contributed by atoms with Gasteiger partial charge in [-0.25, -0.2) is 0 Å². The molecule has 1 saturated heterocycles. The summed E-state index contributed by atoms with van der Waals surface area (Å²) in [5.41, 5.74) is 1.22. The Labute approximate surface area is 159 Å². The van der Waals surface area contributed by atoms with E-state index in [0.29, 0.717) is 19.1 Å². The van der Waals surface area contributed by atoms with Crippen molar-refractivity contribution in [2.75, 3.05) is 32.7 Å². The molecule has 0 aliphatic carbocycles. The first-order valence-electron chi connectivity index (χ1n) is 8.47. The number of piperidine rings is 1. The second-order valence-corrected chi connectivity index (χ2v) is 7.27. The van der Waals surface area contributed by atoms with Crippen LogP contribution in [0.15, 0.2) is 11.4 Å². The number of hydrogen-bond acceptors (Lipinski definition) is 5. The lowest BCUT2D eigenvalue weighted by Gasteiger charge is -2.37. The van der Waals surface area contributed by atoms with Gasteiger partial charge >= 0.3 is 5.97 Å². The lowest BCUT2D eigenvalue weighted by Crippen LogP contribution is -2.48. The summed E-state index contributed by atoms with van der Waals surface area (Å²) in [4.78, 5) is 28.4. The SMILES string of the molecule is CCN(CC(=O)O)C1CCN(CC(=O)NCc2sccc2C)CC1.Cl. The molecule has 0 radical (unpaired) electrons. The molecule has 0 bridgehead atoms. The molecule has 25 heavy (non-hydrogen) atoms. The number of halogens is 1. The Morgan fingerprint density at radius 3 is 2.60 bits per heavy atom. The zero-order valence-electron chi connectivity index (χ0n) is 14.9. The molecule has 0 atom stereocenters. The third-order valence-electron chi connectivity index (χ3n) is 4.60. The van der Waals surface area contributed by atoms with E-state index < -0.39 is 5.97 Å². The molecular formula is C17H28ClN3O3S. The molecule has 2 rings (SSSR count). The molecule has 0 spiro atoms. The molecule has 8 heteroatoms. The van der Waals surface area contributed by atoms with Crippen molar-refractivity contribution in [1.82, 2.24) is 15.1 Å². The number of likely N-dealkylation sites (N-methyl/N-ethyl adjacent to an activating group) is 1. The number of hydrogen-bond donors (Lipinski definition) is 2. The van der Waals surface area contributed by atoms with Crippen LogP contribution in [0, 0.1) is 6.92 Å². The van der Waals surface area contributed by atoms with Gasteiger partial charge in [-0.1, -0.05) is 6.92 Å². The third kappa shape index (κ3) is 6.93. The number of nitrogens with zero attached hydrogens (tertiary/aromatic N) is 2. The molecule has 2 heterocycles. The molecule has 6 nitrogen and oxygen atoms in total. The van der Waals surface area contributed by atoms with E-state index in [1.54, 1.807) is 11.3 Å². The number of likely N-dealkylation sites (tertiary alicyclic amines) is 1. The monoisotopic (exact) mass is 389 g/mol. The minimum absolute atomic E-state index is 0. The van der Waals surface area contributed by atoms with E-state index in [1.165, 1.54) is 10.4 Å². The third-order valence-corrected chi connectivity index (χ3v) is 5.62. The standard InChI is InChI=1S/C17H27N3O3S.ClH/c1-3-20(12-17(22)23)14-4-7-19(8-5-14)11-16(21)18-10-15-13(2)6-9-24-15;/h6,9,14H,3-5,7-8,10-12H2,1-2H3,(H,18,21)(H,22,23);1H. The van der Waals surface area contributed by atoms with Crippen LogP contribution in [0.2, 0.25) is 0 Å². The highest BCUT2D eigenvalue weighted by molar-refractivity contribution is 7.10. The smallest absolute Gasteiger partial charge is 0.317 e. The summed E-state index contributed by atoms with van der Waals surface area (Å²) < 4.78 is 0. The lowest BCUT2D eigenvalue weighted by molar-refractivity contribution is -0.139. The molecule has 1 aromatic rings. The summed E-state index contributed by atoms with van der Waals surface area (Å²) in [5.74, 6) is -0.721. The molecule has 1 aliphatic heterocycles. The summed E-state index contributed by atoms with van der Waals surface area (Å²) in [6.07, 6.45) is 1.83. The van der Waals surface area contributed by atoms with Gasteiger partial charge in [-0.15, -0.1) is 23.7 Å². The van der Waals surface area contributed by atoms with Gasteiger partial charge < -0.3 is 10.4 Å². The van der Waals surface area contributed by atoms with E-state index in [2.05, 4.69) is 23.2 Å². The number of nitrogens with one attached hydrogen (secondary N) is 1. The van der Waals surface area contributed by atoms with E-state index in [-0.39, 0.29) is 24.9 Å². The van der Waals surface area contributed by atoms with Crippen LogP contribution in [0.3, 0.4) is 0 Å². The Balaban J connectivity index is 0.00000312. The van der Waals surface area contributed by atoms with Crippen LogP contribution >= 0.6 is 23.7 Å². The average Bonchev–Trinajstić information content (AvgIpc) is 2.96. The van der Waals surface area contributed by atoms with E-state index in [1.807, 2.05) is 17.2 Å². The van der Waals surface area contributed by atoms with Crippen molar-refractivity contribution < 1.29 is 14.7 Å². The molecule has 0 aromatic carbocycles. The minimum atomic E-state index is -0.775. The number of rotatable bonds is 8. The van der Waals surface area contributed by atoms with Crippen LogP contribution in [0.4, 0.5) is 0 Å². The highest BCUT2D eigenvalue weighted by Gasteiger charge is 2.25. The molecule has 0 unspecified atom stereocenters. The highest BCUT2D eigenvalue weighted by Crippen LogP contribution is 2.17. The average molecular weight is 390 g/mol. The van der Waals surface area contributed by atoms with Gasteiger partial charge in [-0.05, 0) is 43.3 Å². The van der Waals surface area contributed by atoms with Crippen molar-refractivity contribution in [2.45, 2.75) is 39.3 Å². The zero-order chi connectivity index (χ0) is 17.5. The van der Waals surface area contributed by atoms with Crippen molar-refractivity contribution in [1.29, 1.82) is 0 Å². The van der Waals surface area contributed by atoms with Gasteiger partial charge in [-0.2, -0.15) is 0 Å². The molecule has 1 amide bonds. The van der Waals surface area contributed by atoms with Gasteiger partial charge in [0.2, 0.25) is 5.91 Å². The maximum Gasteiger partial charge on any atom is 0.317 e. The second kappa shape index (κ2) is 10.8. The fourth-order valence-electron chi connectivity index (χ4n) is 3.14. The fraction of sp³-hybridized carbons (Fsp3) is 0.647. The summed E-state index contributed by atoms with van der Waals surface area (Å²) in [6, 6.07) is 2.37. The number of amides is 1. The number of carboxylic acids is 1. The topological polar surface area (TPSA) is 72.9 Å². The normalized spacial score (nSPS) is 15.8. The fourth-order valence-corrected chi connectivity index (χ4v) is 3.98. The summed E-state index contributed by atoms with van der Waals surface area (Å²) in [5, 5.41) is 14.0. The number of aryl methyl sites for hydroxylation is 1. The van der Waals surface area contributed by atoms with Crippen molar-refractivity contribution in [3.05, 3.63) is 21.9 Å². The molecule has 1 fully saturated rings. The van der Waals surface area contributed by atoms with E-state index >= 15 is 0 Å². The van der Waals surface area contributed by atoms with Crippen molar-refractivity contribution >= 4 is 35.6 Å². The molecule has 0 saturated carbocycles. The largest absolute Gasteiger partial charge is 0.480 e. The maximum absolute atomic E-state index is 12.1. The maximum atomic E-state index is 12.1. The highest BCUT2D eigenvalue weighted by atomic mass is 35.5. The number of carbonyl (C=O) groups is 2. The predicted molar refractivity (Wildman–Crippen MR) is 102 cm³/mol. The van der Waals surface area contributed by atoms with E-state index in [0.717, 1.165) is 32.5 Å². The van der Waals surface area contributed by atoms with Crippen LogP contribution < -0.4 is 5.32 Å². The van der Waals surface area contributed by atoms with Gasteiger partial charge in [0.15, 0.2) is 0 Å². The Morgan fingerprint density at radius 1 is 1.40 bits per heavy atom. The van der Waals surface area contributed by atoms with Crippen LogP contribution in [0.25, 0.3) is 0 Å².